The number of rotatable bonds is 3. The van der Waals surface area contributed by atoms with Crippen molar-refractivity contribution in [3.8, 4) is 0 Å². The minimum absolute atomic E-state index is 0.0960. The van der Waals surface area contributed by atoms with Crippen molar-refractivity contribution in [2.75, 3.05) is 0 Å². The van der Waals surface area contributed by atoms with Crippen LogP contribution in [0.1, 0.15) is 15.9 Å². The van der Waals surface area contributed by atoms with Crippen LogP contribution in [-0.4, -0.2) is 10.9 Å². The minimum Gasteiger partial charge on any atom is -0.348 e. The summed E-state index contributed by atoms with van der Waals surface area (Å²) in [6.45, 7) is 0.275. The monoisotopic (exact) mass is 264 g/mol. The number of carbonyl (C=O) groups excluding carboxylic acids is 1. The molecule has 1 heterocycles. The Morgan fingerprint density at radius 2 is 2.17 bits per heavy atom. The van der Waals surface area contributed by atoms with Gasteiger partial charge >= 0.3 is 0 Å². The van der Waals surface area contributed by atoms with Crippen molar-refractivity contribution >= 4 is 17.5 Å². The lowest BCUT2D eigenvalue weighted by Crippen LogP contribution is -2.24. The highest BCUT2D eigenvalue weighted by Gasteiger charge is 2.14. The van der Waals surface area contributed by atoms with E-state index in [1.165, 1.54) is 18.2 Å². The zero-order valence-corrected chi connectivity index (χ0v) is 10.1. The molecule has 92 valence electrons. The number of benzene rings is 1. The molecule has 5 heteroatoms. The molecule has 1 N–H and O–H groups in total. The third-order valence-corrected chi connectivity index (χ3v) is 2.68. The van der Waals surface area contributed by atoms with E-state index in [1.54, 1.807) is 18.5 Å². The summed E-state index contributed by atoms with van der Waals surface area (Å²) in [5, 5.41) is 2.69. The molecule has 1 aromatic carbocycles. The summed E-state index contributed by atoms with van der Waals surface area (Å²) in [7, 11) is 0. The second kappa shape index (κ2) is 5.60. The van der Waals surface area contributed by atoms with Gasteiger partial charge in [0, 0.05) is 18.9 Å². The Bertz CT molecular complexity index is 540. The summed E-state index contributed by atoms with van der Waals surface area (Å²) in [5.74, 6) is -1.17. The zero-order chi connectivity index (χ0) is 13.0. The molecule has 0 spiro atoms. The molecule has 0 atom stereocenters. The lowest BCUT2D eigenvalue weighted by Gasteiger charge is -2.07. The molecular weight excluding hydrogens is 255 g/mol. The van der Waals surface area contributed by atoms with Crippen LogP contribution in [0.3, 0.4) is 0 Å². The van der Waals surface area contributed by atoms with Crippen LogP contribution in [-0.2, 0) is 6.54 Å². The predicted molar refractivity (Wildman–Crippen MR) is 66.8 cm³/mol. The quantitative estimate of drug-likeness (QED) is 0.926. The molecule has 0 bridgehead atoms. The Morgan fingerprint density at radius 3 is 2.83 bits per heavy atom. The van der Waals surface area contributed by atoms with Crippen LogP contribution in [0.4, 0.5) is 4.39 Å². The maximum atomic E-state index is 13.5. The molecule has 1 aromatic heterocycles. The van der Waals surface area contributed by atoms with Gasteiger partial charge < -0.3 is 5.32 Å². The average molecular weight is 265 g/mol. The maximum Gasteiger partial charge on any atom is 0.256 e. The number of hydrogen-bond donors (Lipinski definition) is 1. The Balaban J connectivity index is 2.09. The number of nitrogens with one attached hydrogen (secondary N) is 1. The zero-order valence-electron chi connectivity index (χ0n) is 9.36. The molecule has 0 saturated heterocycles. The summed E-state index contributed by atoms with van der Waals surface area (Å²) < 4.78 is 13.5. The van der Waals surface area contributed by atoms with Gasteiger partial charge in [-0.25, -0.2) is 4.39 Å². The van der Waals surface area contributed by atoms with Crippen molar-refractivity contribution in [1.29, 1.82) is 0 Å². The van der Waals surface area contributed by atoms with E-state index in [4.69, 9.17) is 11.6 Å². The van der Waals surface area contributed by atoms with Gasteiger partial charge in [0.2, 0.25) is 0 Å². The number of halogens is 2. The minimum atomic E-state index is -0.633. The molecule has 0 saturated carbocycles. The molecule has 0 unspecified atom stereocenters. The van der Waals surface area contributed by atoms with Gasteiger partial charge in [-0.3, -0.25) is 9.78 Å². The largest absolute Gasteiger partial charge is 0.348 e. The van der Waals surface area contributed by atoms with Gasteiger partial charge in [0.25, 0.3) is 5.91 Å². The van der Waals surface area contributed by atoms with Crippen LogP contribution in [0.25, 0.3) is 0 Å². The second-order valence-electron chi connectivity index (χ2n) is 3.64. The highest BCUT2D eigenvalue weighted by atomic mass is 35.5. The molecule has 18 heavy (non-hydrogen) atoms. The van der Waals surface area contributed by atoms with Crippen LogP contribution in [0, 0.1) is 5.82 Å². The molecule has 3 nitrogen and oxygen atoms in total. The van der Waals surface area contributed by atoms with Gasteiger partial charge in [-0.15, -0.1) is 0 Å². The Kier molecular flexibility index (Phi) is 3.89. The number of carbonyl (C=O) groups is 1. The average Bonchev–Trinajstić information content (AvgIpc) is 2.37. The van der Waals surface area contributed by atoms with Crippen LogP contribution >= 0.6 is 11.6 Å². The van der Waals surface area contributed by atoms with Crippen LogP contribution < -0.4 is 5.32 Å². The van der Waals surface area contributed by atoms with E-state index >= 15 is 0 Å². The summed E-state index contributed by atoms with van der Waals surface area (Å²) >= 11 is 5.79. The first-order valence-corrected chi connectivity index (χ1v) is 5.67. The Labute approximate surface area is 109 Å². The van der Waals surface area contributed by atoms with Crippen LogP contribution in [0.15, 0.2) is 42.7 Å². The van der Waals surface area contributed by atoms with Crippen LogP contribution in [0.2, 0.25) is 5.02 Å². The van der Waals surface area contributed by atoms with Crippen molar-refractivity contribution in [2.45, 2.75) is 6.54 Å². The molecule has 1 amide bonds. The van der Waals surface area contributed by atoms with E-state index in [9.17, 15) is 9.18 Å². The fraction of sp³-hybridized carbons (Fsp3) is 0.0769. The highest BCUT2D eigenvalue weighted by molar-refractivity contribution is 6.33. The summed E-state index contributed by atoms with van der Waals surface area (Å²) in [6.07, 6.45) is 3.27. The maximum absolute atomic E-state index is 13.5. The van der Waals surface area contributed by atoms with E-state index in [1.807, 2.05) is 6.07 Å². The smallest absolute Gasteiger partial charge is 0.256 e. The summed E-state index contributed by atoms with van der Waals surface area (Å²) in [4.78, 5) is 15.7. The molecular formula is C13H10ClFN2O. The van der Waals surface area contributed by atoms with Crippen molar-refractivity contribution in [3.63, 3.8) is 0 Å². The van der Waals surface area contributed by atoms with E-state index in [0.717, 1.165) is 5.56 Å². The number of amides is 1. The number of hydrogen-bond acceptors (Lipinski definition) is 2. The Hall–Kier alpha value is -1.94. The number of aromatic nitrogens is 1. The predicted octanol–water partition coefficient (Wildman–Crippen LogP) is 2.80. The second-order valence-corrected chi connectivity index (χ2v) is 4.05. The topological polar surface area (TPSA) is 42.0 Å². The van der Waals surface area contributed by atoms with E-state index in [-0.39, 0.29) is 17.1 Å². The van der Waals surface area contributed by atoms with E-state index in [2.05, 4.69) is 10.3 Å². The fourth-order valence-electron chi connectivity index (χ4n) is 1.49. The Morgan fingerprint density at radius 1 is 1.33 bits per heavy atom. The van der Waals surface area contributed by atoms with Crippen molar-refractivity contribution in [3.05, 3.63) is 64.7 Å². The third-order valence-electron chi connectivity index (χ3n) is 2.37. The first-order valence-electron chi connectivity index (χ1n) is 5.29. The first kappa shape index (κ1) is 12.5. The lowest BCUT2D eigenvalue weighted by molar-refractivity contribution is 0.0947. The number of pyridine rings is 1. The molecule has 2 rings (SSSR count). The van der Waals surface area contributed by atoms with Gasteiger partial charge in [-0.1, -0.05) is 23.7 Å². The highest BCUT2D eigenvalue weighted by Crippen LogP contribution is 2.18. The molecule has 0 aliphatic heterocycles. The van der Waals surface area contributed by atoms with Gasteiger partial charge in [0.1, 0.15) is 5.82 Å². The molecule has 0 aliphatic rings. The van der Waals surface area contributed by atoms with Crippen molar-refractivity contribution in [2.24, 2.45) is 0 Å². The van der Waals surface area contributed by atoms with Gasteiger partial charge in [0.05, 0.1) is 10.6 Å². The summed E-state index contributed by atoms with van der Waals surface area (Å²) in [6, 6.07) is 7.71. The molecule has 2 aromatic rings. The fourth-order valence-corrected chi connectivity index (χ4v) is 1.74. The van der Waals surface area contributed by atoms with Crippen molar-refractivity contribution < 1.29 is 9.18 Å². The van der Waals surface area contributed by atoms with E-state index in [0.29, 0.717) is 0 Å². The molecule has 0 fully saturated rings. The SMILES string of the molecule is O=C(NCc1cccnc1)c1c(F)cccc1Cl. The van der Waals surface area contributed by atoms with Crippen molar-refractivity contribution in [1.82, 2.24) is 10.3 Å². The normalized spacial score (nSPS) is 10.1. The standard InChI is InChI=1S/C13H10ClFN2O/c14-10-4-1-5-11(15)12(10)13(18)17-8-9-3-2-6-16-7-9/h1-7H,8H2,(H,17,18). The van der Waals surface area contributed by atoms with Gasteiger partial charge in [-0.05, 0) is 23.8 Å². The molecule has 0 radical (unpaired) electrons. The third kappa shape index (κ3) is 2.84. The summed E-state index contributed by atoms with van der Waals surface area (Å²) in [5.41, 5.74) is 0.696. The van der Waals surface area contributed by atoms with E-state index < -0.39 is 11.7 Å². The van der Waals surface area contributed by atoms with Gasteiger partial charge in [0.15, 0.2) is 0 Å². The number of nitrogens with zero attached hydrogens (tertiary/aromatic N) is 1. The van der Waals surface area contributed by atoms with Gasteiger partial charge in [-0.2, -0.15) is 0 Å². The molecule has 0 aliphatic carbocycles. The lowest BCUT2D eigenvalue weighted by atomic mass is 10.2. The first-order chi connectivity index (χ1) is 8.68. The van der Waals surface area contributed by atoms with Crippen LogP contribution in [0.5, 0.6) is 0 Å².